The van der Waals surface area contributed by atoms with Crippen LogP contribution in [0.4, 0.5) is 0 Å². The molecule has 0 aliphatic heterocycles. The molecule has 0 fully saturated rings. The van der Waals surface area contributed by atoms with Crippen LogP contribution in [0.3, 0.4) is 0 Å². The summed E-state index contributed by atoms with van der Waals surface area (Å²) in [5.74, 6) is 0.229. The second-order valence-corrected chi connectivity index (χ2v) is 4.14. The average Bonchev–Trinajstić information content (AvgIpc) is 1.97. The smallest absolute Gasteiger partial charge is 0.0715 e. The van der Waals surface area contributed by atoms with E-state index in [4.69, 9.17) is 5.11 Å². The van der Waals surface area contributed by atoms with Crippen LogP contribution in [0, 0.1) is 5.92 Å². The van der Waals surface area contributed by atoms with Gasteiger partial charge in [-0.2, -0.15) is 0 Å². The van der Waals surface area contributed by atoms with Crippen molar-refractivity contribution in [1.29, 1.82) is 0 Å². The van der Waals surface area contributed by atoms with Crippen molar-refractivity contribution in [2.45, 2.75) is 39.3 Å². The number of hydrogen-bond donors (Lipinski definition) is 3. The van der Waals surface area contributed by atoms with Gasteiger partial charge in [0.1, 0.15) is 0 Å². The Morgan fingerprint density at radius 2 is 1.83 bits per heavy atom. The second-order valence-electron chi connectivity index (χ2n) is 4.14. The summed E-state index contributed by atoms with van der Waals surface area (Å²) in [6.45, 7) is 8.24. The molecule has 0 heterocycles. The molecule has 12 heavy (non-hydrogen) atoms. The van der Waals surface area contributed by atoms with E-state index in [0.717, 1.165) is 0 Å². The zero-order valence-corrected chi connectivity index (χ0v) is 8.46. The number of aliphatic hydroxyl groups excluding tert-OH is 1. The van der Waals surface area contributed by atoms with Gasteiger partial charge >= 0.3 is 0 Å². The lowest BCUT2D eigenvalue weighted by Crippen LogP contribution is -2.42. The van der Waals surface area contributed by atoms with E-state index >= 15 is 0 Å². The van der Waals surface area contributed by atoms with Gasteiger partial charge in [0.05, 0.1) is 5.60 Å². The molecule has 0 amide bonds. The summed E-state index contributed by atoms with van der Waals surface area (Å²) in [5, 5.41) is 21.4. The van der Waals surface area contributed by atoms with Crippen molar-refractivity contribution >= 4 is 0 Å². The minimum absolute atomic E-state index is 0.181. The molecule has 0 bridgehead atoms. The Balaban J connectivity index is 3.64. The van der Waals surface area contributed by atoms with Gasteiger partial charge in [-0.1, -0.05) is 6.92 Å². The largest absolute Gasteiger partial charge is 0.396 e. The van der Waals surface area contributed by atoms with Crippen LogP contribution in [0.25, 0.3) is 0 Å². The molecule has 0 aliphatic carbocycles. The van der Waals surface area contributed by atoms with Crippen molar-refractivity contribution < 1.29 is 10.2 Å². The van der Waals surface area contributed by atoms with Crippen molar-refractivity contribution in [3.8, 4) is 0 Å². The van der Waals surface area contributed by atoms with Crippen LogP contribution in [0.2, 0.25) is 0 Å². The zero-order chi connectivity index (χ0) is 9.78. The lowest BCUT2D eigenvalue weighted by molar-refractivity contribution is 0.0724. The van der Waals surface area contributed by atoms with Crippen LogP contribution in [-0.2, 0) is 0 Å². The highest BCUT2D eigenvalue weighted by Gasteiger charge is 2.16. The summed E-state index contributed by atoms with van der Waals surface area (Å²) in [7, 11) is 0. The van der Waals surface area contributed by atoms with Crippen molar-refractivity contribution in [2.24, 2.45) is 5.92 Å². The van der Waals surface area contributed by atoms with E-state index in [0.29, 0.717) is 6.54 Å². The molecule has 0 rings (SSSR count). The molecule has 0 aromatic carbocycles. The van der Waals surface area contributed by atoms with Crippen LogP contribution in [-0.4, -0.2) is 35.0 Å². The van der Waals surface area contributed by atoms with Crippen molar-refractivity contribution in [1.82, 2.24) is 5.32 Å². The first kappa shape index (κ1) is 11.9. The summed E-state index contributed by atoms with van der Waals surface area (Å²) >= 11 is 0. The number of aliphatic hydroxyl groups is 2. The first-order valence-corrected chi connectivity index (χ1v) is 4.43. The maximum absolute atomic E-state index is 9.40. The Hall–Kier alpha value is -0.120. The molecule has 3 nitrogen and oxygen atoms in total. The standard InChI is InChI=1S/C9H21NO2/c1-7(5-11)8(2)10-6-9(3,4)12/h7-8,10-12H,5-6H2,1-4H3. The Bertz CT molecular complexity index is 120. The van der Waals surface area contributed by atoms with Gasteiger partial charge in [0.2, 0.25) is 0 Å². The fourth-order valence-corrected chi connectivity index (χ4v) is 0.770. The molecule has 0 aromatic rings. The van der Waals surface area contributed by atoms with Gasteiger partial charge in [0.15, 0.2) is 0 Å². The molecule has 2 unspecified atom stereocenters. The lowest BCUT2D eigenvalue weighted by atomic mass is 10.0. The van der Waals surface area contributed by atoms with Gasteiger partial charge < -0.3 is 15.5 Å². The van der Waals surface area contributed by atoms with Crippen LogP contribution >= 0.6 is 0 Å². The van der Waals surface area contributed by atoms with Crippen molar-refractivity contribution in [2.75, 3.05) is 13.2 Å². The van der Waals surface area contributed by atoms with Gasteiger partial charge in [-0.25, -0.2) is 0 Å². The number of hydrogen-bond acceptors (Lipinski definition) is 3. The molecule has 3 heteroatoms. The highest BCUT2D eigenvalue weighted by molar-refractivity contribution is 4.74. The highest BCUT2D eigenvalue weighted by Crippen LogP contribution is 2.03. The second kappa shape index (κ2) is 4.80. The van der Waals surface area contributed by atoms with Gasteiger partial charge in [0.25, 0.3) is 0 Å². The van der Waals surface area contributed by atoms with Gasteiger partial charge in [-0.3, -0.25) is 0 Å². The van der Waals surface area contributed by atoms with Crippen molar-refractivity contribution in [3.63, 3.8) is 0 Å². The van der Waals surface area contributed by atoms with Crippen LogP contribution in [0.15, 0.2) is 0 Å². The van der Waals surface area contributed by atoms with Crippen molar-refractivity contribution in [3.05, 3.63) is 0 Å². The molecule has 74 valence electrons. The number of nitrogens with one attached hydrogen (secondary N) is 1. The maximum Gasteiger partial charge on any atom is 0.0715 e. The zero-order valence-electron chi connectivity index (χ0n) is 8.46. The highest BCUT2D eigenvalue weighted by atomic mass is 16.3. The molecule has 0 aromatic heterocycles. The maximum atomic E-state index is 9.40. The molecule has 0 saturated heterocycles. The fourth-order valence-electron chi connectivity index (χ4n) is 0.770. The molecule has 0 saturated carbocycles. The fraction of sp³-hybridized carbons (Fsp3) is 1.00. The summed E-state index contributed by atoms with van der Waals surface area (Å²) in [4.78, 5) is 0. The molecular formula is C9H21NO2. The van der Waals surface area contributed by atoms with E-state index in [1.807, 2.05) is 13.8 Å². The third-order valence-electron chi connectivity index (χ3n) is 2.00. The Morgan fingerprint density at radius 1 is 1.33 bits per heavy atom. The van der Waals surface area contributed by atoms with E-state index in [1.165, 1.54) is 0 Å². The van der Waals surface area contributed by atoms with Crippen LogP contribution < -0.4 is 5.32 Å². The normalized spacial score (nSPS) is 17.5. The van der Waals surface area contributed by atoms with Crippen LogP contribution in [0.5, 0.6) is 0 Å². The third kappa shape index (κ3) is 5.52. The molecule has 2 atom stereocenters. The van der Waals surface area contributed by atoms with E-state index in [-0.39, 0.29) is 18.6 Å². The van der Waals surface area contributed by atoms with E-state index < -0.39 is 5.60 Å². The van der Waals surface area contributed by atoms with Crippen LogP contribution in [0.1, 0.15) is 27.7 Å². The quantitative estimate of drug-likeness (QED) is 0.565. The summed E-state index contributed by atoms with van der Waals surface area (Å²) in [5.41, 5.74) is -0.677. The van der Waals surface area contributed by atoms with Gasteiger partial charge in [-0.05, 0) is 26.7 Å². The monoisotopic (exact) mass is 175 g/mol. The number of rotatable bonds is 5. The summed E-state index contributed by atoms with van der Waals surface area (Å²) in [6, 6.07) is 0.237. The molecule has 3 N–H and O–H groups in total. The molecule has 0 spiro atoms. The Kier molecular flexibility index (Phi) is 4.75. The first-order valence-electron chi connectivity index (χ1n) is 4.43. The molecule has 0 radical (unpaired) electrons. The Labute approximate surface area is 74.8 Å². The average molecular weight is 175 g/mol. The first-order chi connectivity index (χ1) is 5.37. The summed E-state index contributed by atoms with van der Waals surface area (Å²) in [6.07, 6.45) is 0. The minimum atomic E-state index is -0.677. The lowest BCUT2D eigenvalue weighted by Gasteiger charge is -2.24. The topological polar surface area (TPSA) is 52.5 Å². The molecular weight excluding hydrogens is 154 g/mol. The van der Waals surface area contributed by atoms with E-state index in [9.17, 15) is 5.11 Å². The predicted octanol–water partition coefficient (Wildman–Crippen LogP) is 0.364. The summed E-state index contributed by atoms with van der Waals surface area (Å²) < 4.78 is 0. The van der Waals surface area contributed by atoms with Gasteiger partial charge in [0, 0.05) is 19.2 Å². The minimum Gasteiger partial charge on any atom is -0.396 e. The Morgan fingerprint density at radius 3 is 2.17 bits per heavy atom. The molecule has 0 aliphatic rings. The predicted molar refractivity (Wildman–Crippen MR) is 50.0 cm³/mol. The van der Waals surface area contributed by atoms with Gasteiger partial charge in [-0.15, -0.1) is 0 Å². The van der Waals surface area contributed by atoms with E-state index in [1.54, 1.807) is 13.8 Å². The third-order valence-corrected chi connectivity index (χ3v) is 2.00. The SMILES string of the molecule is CC(CO)C(C)NCC(C)(C)O. The van der Waals surface area contributed by atoms with E-state index in [2.05, 4.69) is 5.32 Å².